The van der Waals surface area contributed by atoms with E-state index in [9.17, 15) is 4.79 Å². The Morgan fingerprint density at radius 3 is 2.26 bits per heavy atom. The highest BCUT2D eigenvalue weighted by Crippen LogP contribution is 2.28. The first-order chi connectivity index (χ1) is 9.22. The van der Waals surface area contributed by atoms with E-state index in [2.05, 4.69) is 6.07 Å². The van der Waals surface area contributed by atoms with Crippen LogP contribution in [-0.2, 0) is 6.42 Å². The van der Waals surface area contributed by atoms with Gasteiger partial charge < -0.3 is 0 Å². The molecule has 2 aromatic rings. The molecule has 0 aromatic heterocycles. The molecule has 0 heterocycles. The van der Waals surface area contributed by atoms with E-state index in [-0.39, 0.29) is 5.78 Å². The van der Waals surface area contributed by atoms with Gasteiger partial charge in [-0.2, -0.15) is 10.5 Å². The summed E-state index contributed by atoms with van der Waals surface area (Å²) in [6.07, 6.45) is 0.623. The minimum absolute atomic E-state index is 0.0714. The molecule has 3 rings (SSSR count). The largest absolute Gasteiger partial charge is 0.289 e. The summed E-state index contributed by atoms with van der Waals surface area (Å²) in [5.74, 6) is -0.0714. The van der Waals surface area contributed by atoms with Crippen molar-refractivity contribution in [2.45, 2.75) is 6.42 Å². The average molecular weight is 244 g/mol. The Labute approximate surface area is 110 Å². The van der Waals surface area contributed by atoms with Crippen LogP contribution in [0.3, 0.4) is 0 Å². The normalized spacial score (nSPS) is 12.0. The number of hydrogen-bond donors (Lipinski definition) is 0. The molecular weight excluding hydrogens is 236 g/mol. The number of ketones is 1. The molecule has 0 fully saturated rings. The van der Waals surface area contributed by atoms with Gasteiger partial charge in [0.2, 0.25) is 0 Å². The van der Waals surface area contributed by atoms with Crippen molar-refractivity contribution in [3.63, 3.8) is 0 Å². The van der Waals surface area contributed by atoms with Crippen LogP contribution >= 0.6 is 0 Å². The van der Waals surface area contributed by atoms with Crippen molar-refractivity contribution in [3.05, 3.63) is 69.8 Å². The summed E-state index contributed by atoms with van der Waals surface area (Å²) in [5, 5.41) is 17.8. The molecule has 0 N–H and O–H groups in total. The number of hydrogen-bond acceptors (Lipinski definition) is 3. The standard InChI is InChI=1S/C16H8N2O/c17-8-10-2-4-14-13(5-10)7-12-3-1-11(9-18)6-15(12)16(14)19/h1-6H,7H2. The molecule has 88 valence electrons. The molecule has 0 atom stereocenters. The van der Waals surface area contributed by atoms with Crippen molar-refractivity contribution in [3.8, 4) is 12.1 Å². The Bertz CT molecular complexity index is 791. The van der Waals surface area contributed by atoms with Crippen molar-refractivity contribution < 1.29 is 4.79 Å². The molecule has 0 unspecified atom stereocenters. The third kappa shape index (κ3) is 1.69. The first-order valence-corrected chi connectivity index (χ1v) is 5.83. The van der Waals surface area contributed by atoms with Gasteiger partial charge in [-0.15, -0.1) is 0 Å². The fraction of sp³-hybridized carbons (Fsp3) is 0.0625. The highest BCUT2D eigenvalue weighted by Gasteiger charge is 2.23. The van der Waals surface area contributed by atoms with Crippen LogP contribution in [-0.4, -0.2) is 5.78 Å². The van der Waals surface area contributed by atoms with Crippen LogP contribution in [0.25, 0.3) is 0 Å². The van der Waals surface area contributed by atoms with E-state index in [1.165, 1.54) is 0 Å². The first kappa shape index (κ1) is 11.2. The molecule has 0 saturated heterocycles. The topological polar surface area (TPSA) is 64.7 Å². The lowest BCUT2D eigenvalue weighted by atomic mass is 9.84. The van der Waals surface area contributed by atoms with E-state index in [1.54, 1.807) is 30.3 Å². The Morgan fingerprint density at radius 1 is 0.842 bits per heavy atom. The van der Waals surface area contributed by atoms with Crippen molar-refractivity contribution in [1.29, 1.82) is 10.5 Å². The maximum atomic E-state index is 12.4. The number of carbonyl (C=O) groups excluding carboxylic acids is 1. The molecule has 19 heavy (non-hydrogen) atoms. The third-order valence-electron chi connectivity index (χ3n) is 3.34. The molecule has 3 heteroatoms. The van der Waals surface area contributed by atoms with Crippen molar-refractivity contribution in [2.75, 3.05) is 0 Å². The van der Waals surface area contributed by atoms with Gasteiger partial charge in [0, 0.05) is 11.1 Å². The zero-order valence-electron chi connectivity index (χ0n) is 9.97. The molecule has 0 saturated carbocycles. The SMILES string of the molecule is N#Cc1ccc2c(c1)Cc1ccc(C#N)cc1C2=O. The van der Waals surface area contributed by atoms with Crippen LogP contribution in [0.5, 0.6) is 0 Å². The van der Waals surface area contributed by atoms with E-state index < -0.39 is 0 Å². The number of nitriles is 2. The van der Waals surface area contributed by atoms with Gasteiger partial charge in [0.1, 0.15) is 0 Å². The summed E-state index contributed by atoms with van der Waals surface area (Å²) >= 11 is 0. The molecule has 2 aromatic carbocycles. The van der Waals surface area contributed by atoms with Gasteiger partial charge in [-0.05, 0) is 47.9 Å². The molecule has 0 bridgehead atoms. The number of nitrogens with zero attached hydrogens (tertiary/aromatic N) is 2. The number of carbonyl (C=O) groups is 1. The summed E-state index contributed by atoms with van der Waals surface area (Å²) in [7, 11) is 0. The zero-order valence-corrected chi connectivity index (χ0v) is 9.97. The smallest absolute Gasteiger partial charge is 0.193 e. The molecule has 0 radical (unpaired) electrons. The lowest BCUT2D eigenvalue weighted by Gasteiger charge is -2.18. The summed E-state index contributed by atoms with van der Waals surface area (Å²) in [6, 6.07) is 14.4. The Kier molecular flexibility index (Phi) is 2.41. The van der Waals surface area contributed by atoms with Crippen LogP contribution in [0, 0.1) is 22.7 Å². The highest BCUT2D eigenvalue weighted by atomic mass is 16.1. The van der Waals surface area contributed by atoms with Gasteiger partial charge in [-0.25, -0.2) is 0 Å². The Balaban J connectivity index is 2.18. The van der Waals surface area contributed by atoms with E-state index in [4.69, 9.17) is 10.5 Å². The van der Waals surface area contributed by atoms with Crippen LogP contribution in [0.4, 0.5) is 0 Å². The zero-order chi connectivity index (χ0) is 13.4. The molecule has 0 amide bonds. The molecule has 3 nitrogen and oxygen atoms in total. The lowest BCUT2D eigenvalue weighted by molar-refractivity contribution is 0.103. The van der Waals surface area contributed by atoms with Gasteiger partial charge in [-0.1, -0.05) is 6.07 Å². The van der Waals surface area contributed by atoms with E-state index in [1.807, 2.05) is 12.1 Å². The van der Waals surface area contributed by atoms with Crippen molar-refractivity contribution in [1.82, 2.24) is 0 Å². The number of rotatable bonds is 0. The molecule has 1 aliphatic rings. The minimum atomic E-state index is -0.0714. The number of fused-ring (bicyclic) bond motifs is 2. The highest BCUT2D eigenvalue weighted by molar-refractivity contribution is 6.12. The lowest BCUT2D eigenvalue weighted by Crippen LogP contribution is -2.15. The Morgan fingerprint density at radius 2 is 1.53 bits per heavy atom. The fourth-order valence-corrected chi connectivity index (χ4v) is 2.39. The summed E-state index contributed by atoms with van der Waals surface area (Å²) in [4.78, 5) is 12.4. The van der Waals surface area contributed by atoms with Crippen molar-refractivity contribution in [2.24, 2.45) is 0 Å². The van der Waals surface area contributed by atoms with Gasteiger partial charge in [0.25, 0.3) is 0 Å². The average Bonchev–Trinajstić information content (AvgIpc) is 2.46. The number of benzene rings is 2. The van der Waals surface area contributed by atoms with Gasteiger partial charge in [0.15, 0.2) is 5.78 Å². The second kappa shape index (κ2) is 4.08. The monoisotopic (exact) mass is 244 g/mol. The maximum Gasteiger partial charge on any atom is 0.193 e. The molecular formula is C16H8N2O. The summed E-state index contributed by atoms with van der Waals surface area (Å²) in [6.45, 7) is 0. The maximum absolute atomic E-state index is 12.4. The van der Waals surface area contributed by atoms with Gasteiger partial charge in [-0.3, -0.25) is 4.79 Å². The van der Waals surface area contributed by atoms with Crippen molar-refractivity contribution >= 4 is 5.78 Å². The van der Waals surface area contributed by atoms with Crippen LogP contribution < -0.4 is 0 Å². The van der Waals surface area contributed by atoms with Crippen LogP contribution in [0.2, 0.25) is 0 Å². The Hall–Kier alpha value is -2.91. The predicted octanol–water partition coefficient (Wildman–Crippen LogP) is 2.57. The van der Waals surface area contributed by atoms with Crippen LogP contribution in [0.1, 0.15) is 38.2 Å². The second-order valence-corrected chi connectivity index (χ2v) is 4.47. The van der Waals surface area contributed by atoms with Crippen LogP contribution in [0.15, 0.2) is 36.4 Å². The third-order valence-corrected chi connectivity index (χ3v) is 3.34. The van der Waals surface area contributed by atoms with Gasteiger partial charge >= 0.3 is 0 Å². The quantitative estimate of drug-likeness (QED) is 0.610. The van der Waals surface area contributed by atoms with E-state index in [0.29, 0.717) is 28.7 Å². The summed E-state index contributed by atoms with van der Waals surface area (Å²) in [5.41, 5.74) is 4.05. The first-order valence-electron chi connectivity index (χ1n) is 5.83. The predicted molar refractivity (Wildman–Crippen MR) is 68.6 cm³/mol. The molecule has 1 aliphatic carbocycles. The second-order valence-electron chi connectivity index (χ2n) is 4.47. The molecule has 0 spiro atoms. The molecule has 0 aliphatic heterocycles. The summed E-state index contributed by atoms with van der Waals surface area (Å²) < 4.78 is 0. The van der Waals surface area contributed by atoms with Gasteiger partial charge in [0.05, 0.1) is 23.3 Å². The van der Waals surface area contributed by atoms with E-state index in [0.717, 1.165) is 11.1 Å². The fourth-order valence-electron chi connectivity index (χ4n) is 2.39. The minimum Gasteiger partial charge on any atom is -0.289 e. The van der Waals surface area contributed by atoms with E-state index >= 15 is 0 Å².